The number of carboxylic acid groups (broad SMARTS) is 1. The second-order valence-corrected chi connectivity index (χ2v) is 18.4. The summed E-state index contributed by atoms with van der Waals surface area (Å²) >= 11 is 0. The van der Waals surface area contributed by atoms with Gasteiger partial charge in [0.2, 0.25) is 5.91 Å². The topological polar surface area (TPSA) is 230 Å². The molecule has 17 heteroatoms. The van der Waals surface area contributed by atoms with E-state index < -0.39 is 103 Å². The van der Waals surface area contributed by atoms with Crippen LogP contribution in [0.2, 0.25) is 0 Å². The van der Waals surface area contributed by atoms with Gasteiger partial charge in [-0.25, -0.2) is 4.79 Å². The van der Waals surface area contributed by atoms with Crippen molar-refractivity contribution < 1.29 is 77.8 Å². The van der Waals surface area contributed by atoms with Gasteiger partial charge in [0.05, 0.1) is 61.5 Å². The Morgan fingerprint density at radius 3 is 2.21 bits per heavy atom. The van der Waals surface area contributed by atoms with Crippen molar-refractivity contribution in [3.63, 3.8) is 0 Å². The van der Waals surface area contributed by atoms with Crippen molar-refractivity contribution in [3.8, 4) is 0 Å². The summed E-state index contributed by atoms with van der Waals surface area (Å²) in [5, 5.41) is 56.4. The Labute approximate surface area is 396 Å². The van der Waals surface area contributed by atoms with Crippen LogP contribution in [0.25, 0.3) is 0 Å². The third-order valence-corrected chi connectivity index (χ3v) is 13.2. The van der Waals surface area contributed by atoms with Crippen molar-refractivity contribution >= 4 is 11.9 Å². The van der Waals surface area contributed by atoms with E-state index in [1.165, 1.54) is 13.2 Å². The molecule has 0 radical (unpaired) electrons. The maximum absolute atomic E-state index is 14.2. The fourth-order valence-electron chi connectivity index (χ4n) is 8.94. The fourth-order valence-corrected chi connectivity index (χ4v) is 8.94. The molecule has 4 rings (SSSR count). The molecular weight excluding hydrogens is 871 g/mol. The molecule has 4 heterocycles. The molecule has 0 aromatic carbocycles. The van der Waals surface area contributed by atoms with Crippen LogP contribution in [0.5, 0.6) is 0 Å². The number of hydrogen-bond acceptors (Lipinski definition) is 15. The summed E-state index contributed by atoms with van der Waals surface area (Å²) in [4.78, 5) is 24.8. The van der Waals surface area contributed by atoms with Crippen LogP contribution < -0.4 is 5.32 Å². The van der Waals surface area contributed by atoms with E-state index in [0.29, 0.717) is 12.8 Å². The molecule has 4 fully saturated rings. The van der Waals surface area contributed by atoms with Crippen molar-refractivity contribution in [2.24, 2.45) is 17.3 Å². The van der Waals surface area contributed by atoms with Crippen LogP contribution in [-0.4, -0.2) is 164 Å². The number of aliphatic hydroxyl groups is 4. The molecule has 0 aliphatic carbocycles. The SMILES string of the molecule is CC=CC=CC1OC(O)(C(COC2CC(OC)C(OC3CC(OC)C(O)C(C)O3)C(C)O2)C(=O)NCC=CC=C(C)C(OC)C(C)C2CC(O)C(C=CC=CC=CC(=O)O)O2)CC(O)C1(C)C. The Bertz CT molecular complexity index is 1780. The lowest BCUT2D eigenvalue weighted by Crippen LogP contribution is -2.62. The summed E-state index contributed by atoms with van der Waals surface area (Å²) < 4.78 is 54.5. The molecule has 378 valence electrons. The molecule has 17 unspecified atom stereocenters. The Morgan fingerprint density at radius 2 is 1.54 bits per heavy atom. The van der Waals surface area contributed by atoms with Crippen LogP contribution in [0.15, 0.2) is 84.6 Å². The van der Waals surface area contributed by atoms with Gasteiger partial charge in [0.15, 0.2) is 18.4 Å². The first-order valence-corrected chi connectivity index (χ1v) is 23.2. The lowest BCUT2D eigenvalue weighted by atomic mass is 9.73. The third kappa shape index (κ3) is 15.5. The van der Waals surface area contributed by atoms with Gasteiger partial charge in [-0.15, -0.1) is 0 Å². The maximum Gasteiger partial charge on any atom is 0.328 e. The zero-order valence-electron chi connectivity index (χ0n) is 40.7. The van der Waals surface area contributed by atoms with Crippen molar-refractivity contribution in [1.82, 2.24) is 5.32 Å². The molecular formula is C50H77NO16. The number of ether oxygens (including phenoxy) is 9. The Balaban J connectivity index is 1.44. The van der Waals surface area contributed by atoms with Crippen molar-refractivity contribution in [2.45, 2.75) is 166 Å². The highest BCUT2D eigenvalue weighted by atomic mass is 16.7. The number of aliphatic hydroxyl groups excluding tert-OH is 3. The highest BCUT2D eigenvalue weighted by Gasteiger charge is 2.55. The summed E-state index contributed by atoms with van der Waals surface area (Å²) in [7, 11) is 4.69. The van der Waals surface area contributed by atoms with Gasteiger partial charge in [0.1, 0.15) is 24.2 Å². The van der Waals surface area contributed by atoms with Gasteiger partial charge in [-0.05, 0) is 33.3 Å². The Hall–Kier alpha value is -3.40. The molecule has 0 saturated carbocycles. The smallest absolute Gasteiger partial charge is 0.328 e. The van der Waals surface area contributed by atoms with Crippen molar-refractivity contribution in [1.29, 1.82) is 0 Å². The molecule has 17 nitrogen and oxygen atoms in total. The minimum atomic E-state index is -2.14. The number of aliphatic carboxylic acids is 1. The van der Waals surface area contributed by atoms with Crippen LogP contribution in [0, 0.1) is 17.3 Å². The number of carbonyl (C=O) groups excluding carboxylic acids is 1. The molecule has 4 saturated heterocycles. The van der Waals surface area contributed by atoms with Crippen molar-refractivity contribution in [3.05, 3.63) is 84.6 Å². The zero-order valence-corrected chi connectivity index (χ0v) is 40.7. The molecule has 4 aliphatic heterocycles. The molecule has 0 bridgehead atoms. The fraction of sp³-hybridized carbons (Fsp3) is 0.680. The number of hydrogen-bond donors (Lipinski definition) is 6. The summed E-state index contributed by atoms with van der Waals surface area (Å²) in [6.07, 6.45) is 13.7. The first kappa shape index (κ1) is 56.2. The van der Waals surface area contributed by atoms with Gasteiger partial charge in [-0.1, -0.05) is 93.7 Å². The van der Waals surface area contributed by atoms with E-state index in [0.717, 1.165) is 11.6 Å². The standard InChI is InChI=1S/C50H77NO16/c1-11-12-15-22-41-49(6,7)40(53)28-50(58,67-41)34(29-62-43-27-39(60-9)47(33(5)64-43)66-44-26-38(59-8)45(56)32(4)63-44)48(57)51-24-19-18-20-30(2)46(61-10)31(3)37-25-35(52)36(65-37)21-16-13-14-17-23-42(54)55/h11-23,31-41,43-47,52-53,56,58H,24-29H2,1-10H3,(H,51,57)(H,54,55). The zero-order chi connectivity index (χ0) is 49.5. The average molecular weight is 948 g/mol. The van der Waals surface area contributed by atoms with Crippen LogP contribution in [0.4, 0.5) is 0 Å². The molecule has 17 atom stereocenters. The lowest BCUT2D eigenvalue weighted by Gasteiger charge is -2.50. The quantitative estimate of drug-likeness (QED) is 0.0660. The molecule has 0 aromatic heterocycles. The summed E-state index contributed by atoms with van der Waals surface area (Å²) in [6, 6.07) is 0. The van der Waals surface area contributed by atoms with Gasteiger partial charge < -0.3 is 73.5 Å². The van der Waals surface area contributed by atoms with Crippen LogP contribution in [0.3, 0.4) is 0 Å². The molecule has 0 spiro atoms. The molecule has 67 heavy (non-hydrogen) atoms. The first-order valence-electron chi connectivity index (χ1n) is 23.2. The van der Waals surface area contributed by atoms with Gasteiger partial charge in [-0.3, -0.25) is 4.79 Å². The molecule has 6 N–H and O–H groups in total. The first-order chi connectivity index (χ1) is 31.8. The van der Waals surface area contributed by atoms with E-state index in [4.69, 9.17) is 47.7 Å². The highest BCUT2D eigenvalue weighted by Crippen LogP contribution is 2.44. The van der Waals surface area contributed by atoms with E-state index in [-0.39, 0.29) is 44.1 Å². The van der Waals surface area contributed by atoms with E-state index in [9.17, 15) is 30.0 Å². The molecule has 0 aromatic rings. The number of carbonyl (C=O) groups is 2. The lowest BCUT2D eigenvalue weighted by molar-refractivity contribution is -0.332. The van der Waals surface area contributed by atoms with Crippen molar-refractivity contribution in [2.75, 3.05) is 34.5 Å². The largest absolute Gasteiger partial charge is 0.478 e. The second-order valence-electron chi connectivity index (χ2n) is 18.4. The number of carboxylic acids is 1. The predicted octanol–water partition coefficient (Wildman–Crippen LogP) is 4.20. The van der Waals surface area contributed by atoms with Gasteiger partial charge in [-0.2, -0.15) is 0 Å². The normalized spacial score (nSPS) is 36.8. The van der Waals surface area contributed by atoms with Gasteiger partial charge >= 0.3 is 5.97 Å². The number of amides is 1. The highest BCUT2D eigenvalue weighted by molar-refractivity contribution is 5.80. The molecule has 1 amide bonds. The average Bonchev–Trinajstić information content (AvgIpc) is 3.65. The maximum atomic E-state index is 14.2. The summed E-state index contributed by atoms with van der Waals surface area (Å²) in [5.41, 5.74) is 0.0829. The van der Waals surface area contributed by atoms with E-state index in [1.54, 1.807) is 69.8 Å². The van der Waals surface area contributed by atoms with Gasteiger partial charge in [0.25, 0.3) is 0 Å². The summed E-state index contributed by atoms with van der Waals surface area (Å²) in [6.45, 7) is 12.8. The van der Waals surface area contributed by atoms with E-state index in [1.807, 2.05) is 59.8 Å². The predicted molar refractivity (Wildman–Crippen MR) is 248 cm³/mol. The second kappa shape index (κ2) is 26.5. The summed E-state index contributed by atoms with van der Waals surface area (Å²) in [5.74, 6) is -5.20. The number of rotatable bonds is 22. The number of nitrogens with one attached hydrogen (secondary N) is 1. The Kier molecular flexibility index (Phi) is 22.3. The number of allylic oxidation sites excluding steroid dienone is 9. The number of methoxy groups -OCH3 is 3. The minimum Gasteiger partial charge on any atom is -0.478 e. The van der Waals surface area contributed by atoms with Crippen LogP contribution >= 0.6 is 0 Å². The van der Waals surface area contributed by atoms with Gasteiger partial charge in [0, 0.05) is 71.0 Å². The van der Waals surface area contributed by atoms with E-state index >= 15 is 0 Å². The third-order valence-electron chi connectivity index (χ3n) is 13.2. The monoisotopic (exact) mass is 948 g/mol. The molecule has 4 aliphatic rings. The Morgan fingerprint density at radius 1 is 0.866 bits per heavy atom. The van der Waals surface area contributed by atoms with E-state index in [2.05, 4.69) is 5.32 Å². The minimum absolute atomic E-state index is 0.0814. The van der Waals surface area contributed by atoms with Crippen LogP contribution in [0.1, 0.15) is 74.1 Å². The van der Waals surface area contributed by atoms with Crippen LogP contribution in [-0.2, 0) is 52.2 Å².